The highest BCUT2D eigenvalue weighted by atomic mass is 35.5. The van der Waals surface area contributed by atoms with Gasteiger partial charge in [-0.3, -0.25) is 0 Å². The molecule has 0 saturated carbocycles. The van der Waals surface area contributed by atoms with E-state index in [9.17, 15) is 4.39 Å². The van der Waals surface area contributed by atoms with Crippen LogP contribution in [0.1, 0.15) is 23.7 Å². The molecule has 0 spiro atoms. The van der Waals surface area contributed by atoms with Crippen LogP contribution >= 0.6 is 22.9 Å². The highest BCUT2D eigenvalue weighted by Crippen LogP contribution is 2.27. The molecule has 1 aromatic carbocycles. The van der Waals surface area contributed by atoms with E-state index < -0.39 is 0 Å². The lowest BCUT2D eigenvalue weighted by Crippen LogP contribution is -2.10. The fourth-order valence-electron chi connectivity index (χ4n) is 2.53. The van der Waals surface area contributed by atoms with E-state index in [4.69, 9.17) is 11.6 Å². The SMILES string of the molecule is CC(Cc1cccs1)n1c(CCl)nc2c(F)cccc21. The number of para-hydroxylation sites is 1. The molecular formula is C15H14ClFN2S. The van der Waals surface area contributed by atoms with Gasteiger partial charge in [0.05, 0.1) is 11.4 Å². The quantitative estimate of drug-likeness (QED) is 0.634. The number of halogens is 2. The lowest BCUT2D eigenvalue weighted by molar-refractivity contribution is 0.547. The summed E-state index contributed by atoms with van der Waals surface area (Å²) in [5, 5.41) is 2.07. The third-order valence-electron chi connectivity index (χ3n) is 3.38. The maximum absolute atomic E-state index is 13.8. The summed E-state index contributed by atoms with van der Waals surface area (Å²) in [4.78, 5) is 5.64. The summed E-state index contributed by atoms with van der Waals surface area (Å²) in [6, 6.07) is 9.39. The van der Waals surface area contributed by atoms with E-state index in [-0.39, 0.29) is 17.7 Å². The number of benzene rings is 1. The molecule has 0 radical (unpaired) electrons. The molecular weight excluding hydrogens is 295 g/mol. The predicted molar refractivity (Wildman–Crippen MR) is 82.0 cm³/mol. The first-order chi connectivity index (χ1) is 9.70. The van der Waals surface area contributed by atoms with Crippen molar-refractivity contribution in [1.82, 2.24) is 9.55 Å². The summed E-state index contributed by atoms with van der Waals surface area (Å²) < 4.78 is 15.9. The van der Waals surface area contributed by atoms with E-state index in [0.29, 0.717) is 5.52 Å². The number of rotatable bonds is 4. The number of hydrogen-bond acceptors (Lipinski definition) is 2. The molecule has 104 valence electrons. The minimum absolute atomic E-state index is 0.189. The van der Waals surface area contributed by atoms with Crippen LogP contribution in [0.3, 0.4) is 0 Å². The lowest BCUT2D eigenvalue weighted by Gasteiger charge is -2.16. The molecule has 3 aromatic rings. The van der Waals surface area contributed by atoms with E-state index in [2.05, 4.69) is 23.4 Å². The van der Waals surface area contributed by atoms with E-state index in [1.807, 2.05) is 16.7 Å². The van der Waals surface area contributed by atoms with Gasteiger partial charge < -0.3 is 4.57 Å². The first-order valence-electron chi connectivity index (χ1n) is 6.44. The van der Waals surface area contributed by atoms with Gasteiger partial charge in [0.25, 0.3) is 0 Å². The summed E-state index contributed by atoms with van der Waals surface area (Å²) in [5.41, 5.74) is 1.21. The zero-order chi connectivity index (χ0) is 14.1. The highest BCUT2D eigenvalue weighted by molar-refractivity contribution is 7.09. The number of fused-ring (bicyclic) bond motifs is 1. The molecule has 5 heteroatoms. The van der Waals surface area contributed by atoms with Gasteiger partial charge in [-0.05, 0) is 30.5 Å². The molecule has 0 N–H and O–H groups in total. The number of thiophene rings is 1. The van der Waals surface area contributed by atoms with Gasteiger partial charge in [0.1, 0.15) is 11.3 Å². The zero-order valence-corrected chi connectivity index (χ0v) is 12.6. The molecule has 1 atom stereocenters. The molecule has 20 heavy (non-hydrogen) atoms. The van der Waals surface area contributed by atoms with E-state index >= 15 is 0 Å². The third-order valence-corrected chi connectivity index (χ3v) is 4.52. The predicted octanol–water partition coefficient (Wildman–Crippen LogP) is 4.78. The Morgan fingerprint density at radius 2 is 2.20 bits per heavy atom. The second-order valence-corrected chi connectivity index (χ2v) is 6.07. The normalized spacial score (nSPS) is 12.9. The molecule has 0 aliphatic heterocycles. The van der Waals surface area contributed by atoms with Gasteiger partial charge in [0.2, 0.25) is 0 Å². The summed E-state index contributed by atoms with van der Waals surface area (Å²) in [6.07, 6.45) is 0.892. The van der Waals surface area contributed by atoms with Crippen molar-refractivity contribution in [2.45, 2.75) is 25.3 Å². The highest BCUT2D eigenvalue weighted by Gasteiger charge is 2.17. The molecule has 0 amide bonds. The molecule has 0 bridgehead atoms. The van der Waals surface area contributed by atoms with Gasteiger partial charge in [-0.1, -0.05) is 12.1 Å². The molecule has 0 fully saturated rings. The van der Waals surface area contributed by atoms with Crippen LogP contribution < -0.4 is 0 Å². The Labute approximate surface area is 125 Å². The third kappa shape index (κ3) is 2.34. The Morgan fingerprint density at radius 1 is 1.35 bits per heavy atom. The van der Waals surface area contributed by atoms with Gasteiger partial charge in [-0.25, -0.2) is 9.37 Å². The van der Waals surface area contributed by atoms with Gasteiger partial charge in [0, 0.05) is 17.3 Å². The average molecular weight is 309 g/mol. The molecule has 0 aliphatic carbocycles. The molecule has 2 aromatic heterocycles. The smallest absolute Gasteiger partial charge is 0.151 e. The Bertz CT molecular complexity index is 721. The van der Waals surface area contributed by atoms with Gasteiger partial charge in [-0.2, -0.15) is 0 Å². The van der Waals surface area contributed by atoms with Gasteiger partial charge in [-0.15, -0.1) is 22.9 Å². The maximum Gasteiger partial charge on any atom is 0.151 e. The number of hydrogen-bond donors (Lipinski definition) is 0. The van der Waals surface area contributed by atoms with Crippen LogP contribution in [0, 0.1) is 5.82 Å². The fourth-order valence-corrected chi connectivity index (χ4v) is 3.54. The van der Waals surface area contributed by atoms with Gasteiger partial charge in [0.15, 0.2) is 5.82 Å². The number of imidazole rings is 1. The Balaban J connectivity index is 2.07. The van der Waals surface area contributed by atoms with Crippen molar-refractivity contribution in [3.8, 4) is 0 Å². The number of nitrogens with zero attached hydrogens (tertiary/aromatic N) is 2. The van der Waals surface area contributed by atoms with E-state index in [0.717, 1.165) is 17.8 Å². The number of alkyl halides is 1. The fraction of sp³-hybridized carbons (Fsp3) is 0.267. The summed E-state index contributed by atoms with van der Waals surface area (Å²) in [6.45, 7) is 2.11. The molecule has 3 rings (SSSR count). The van der Waals surface area contributed by atoms with Crippen molar-refractivity contribution in [3.05, 3.63) is 52.2 Å². The second-order valence-electron chi connectivity index (χ2n) is 4.77. The Morgan fingerprint density at radius 3 is 2.90 bits per heavy atom. The monoisotopic (exact) mass is 308 g/mol. The van der Waals surface area contributed by atoms with Crippen molar-refractivity contribution >= 4 is 34.0 Å². The Hall–Kier alpha value is -1.39. The molecule has 0 saturated heterocycles. The standard InChI is InChI=1S/C15H14ClFN2S/c1-10(8-11-4-3-7-20-11)19-13-6-2-5-12(17)15(13)18-14(19)9-16/h2-7,10H,8-9H2,1H3. The minimum atomic E-state index is -0.295. The van der Waals surface area contributed by atoms with Crippen molar-refractivity contribution in [2.24, 2.45) is 0 Å². The van der Waals surface area contributed by atoms with Gasteiger partial charge >= 0.3 is 0 Å². The van der Waals surface area contributed by atoms with Crippen LogP contribution in [0.4, 0.5) is 4.39 Å². The zero-order valence-electron chi connectivity index (χ0n) is 11.0. The molecule has 2 heterocycles. The largest absolute Gasteiger partial charge is 0.324 e. The topological polar surface area (TPSA) is 17.8 Å². The van der Waals surface area contributed by atoms with Crippen molar-refractivity contribution in [3.63, 3.8) is 0 Å². The molecule has 2 nitrogen and oxygen atoms in total. The minimum Gasteiger partial charge on any atom is -0.324 e. The Kier molecular flexibility index (Phi) is 3.76. The van der Waals surface area contributed by atoms with Crippen LogP contribution in [0.15, 0.2) is 35.7 Å². The summed E-state index contributed by atoms with van der Waals surface area (Å²) in [5.74, 6) is 0.704. The van der Waals surface area contributed by atoms with Crippen LogP contribution in [0.2, 0.25) is 0 Å². The second kappa shape index (κ2) is 5.54. The summed E-state index contributed by atoms with van der Waals surface area (Å²) >= 11 is 7.71. The van der Waals surface area contributed by atoms with Crippen LogP contribution in [0.5, 0.6) is 0 Å². The van der Waals surface area contributed by atoms with Crippen molar-refractivity contribution in [1.29, 1.82) is 0 Å². The molecule has 1 unspecified atom stereocenters. The first-order valence-corrected chi connectivity index (χ1v) is 7.85. The van der Waals surface area contributed by atoms with Crippen molar-refractivity contribution in [2.75, 3.05) is 0 Å². The maximum atomic E-state index is 13.8. The van der Waals surface area contributed by atoms with Crippen molar-refractivity contribution < 1.29 is 4.39 Å². The average Bonchev–Trinajstić information content (AvgIpc) is 3.05. The molecule has 0 aliphatic rings. The van der Waals surface area contributed by atoms with Crippen LogP contribution in [-0.2, 0) is 12.3 Å². The lowest BCUT2D eigenvalue weighted by atomic mass is 10.2. The first kappa shape index (κ1) is 13.6. The van der Waals surface area contributed by atoms with E-state index in [1.54, 1.807) is 17.4 Å². The van der Waals surface area contributed by atoms with E-state index in [1.165, 1.54) is 10.9 Å². The van der Waals surface area contributed by atoms with Crippen LogP contribution in [0.25, 0.3) is 11.0 Å². The number of aromatic nitrogens is 2. The van der Waals surface area contributed by atoms with Crippen LogP contribution in [-0.4, -0.2) is 9.55 Å². The summed E-state index contributed by atoms with van der Waals surface area (Å²) in [7, 11) is 0.